The Bertz CT molecular complexity index is 1250. The topological polar surface area (TPSA) is 37.3 Å². The molecule has 0 saturated carbocycles. The van der Waals surface area contributed by atoms with Gasteiger partial charge in [-0.05, 0) is 53.8 Å². The monoisotopic (exact) mass is 435 g/mol. The maximum Gasteiger partial charge on any atom is 0.318 e. The summed E-state index contributed by atoms with van der Waals surface area (Å²) in [4.78, 5) is 15.6. The Balaban J connectivity index is 1.54. The number of benzene rings is 3. The van der Waals surface area contributed by atoms with E-state index in [4.69, 9.17) is 0 Å². The van der Waals surface area contributed by atoms with Crippen molar-refractivity contribution in [2.24, 2.45) is 0 Å². The van der Waals surface area contributed by atoms with Gasteiger partial charge in [-0.15, -0.1) is 0 Å². The van der Waals surface area contributed by atoms with Gasteiger partial charge in [0.15, 0.2) is 0 Å². The highest BCUT2D eigenvalue weighted by atomic mass is 16.2. The third-order valence-electron chi connectivity index (χ3n) is 6.49. The minimum atomic E-state index is -0.184. The van der Waals surface area contributed by atoms with E-state index in [9.17, 15) is 4.79 Å². The van der Waals surface area contributed by atoms with Crippen molar-refractivity contribution >= 4 is 6.03 Å². The van der Waals surface area contributed by atoms with E-state index >= 15 is 0 Å². The maximum atomic E-state index is 13.6. The van der Waals surface area contributed by atoms with Gasteiger partial charge in [-0.1, -0.05) is 79.2 Å². The molecule has 166 valence electrons. The fraction of sp³-hybridized carbons (Fsp3) is 0.207. The largest absolute Gasteiger partial charge is 0.334 e. The van der Waals surface area contributed by atoms with Crippen LogP contribution < -0.4 is 5.32 Å². The summed E-state index contributed by atoms with van der Waals surface area (Å²) >= 11 is 0. The number of carbonyl (C=O) groups is 1. The summed E-state index contributed by atoms with van der Waals surface area (Å²) < 4.78 is 2.22. The summed E-state index contributed by atoms with van der Waals surface area (Å²) in [5.41, 5.74) is 8.07. The Morgan fingerprint density at radius 2 is 1.64 bits per heavy atom. The number of nitrogens with one attached hydrogen (secondary N) is 1. The van der Waals surface area contributed by atoms with Crippen LogP contribution in [0.2, 0.25) is 0 Å². The van der Waals surface area contributed by atoms with Crippen LogP contribution in [0.15, 0.2) is 91.1 Å². The molecule has 0 fully saturated rings. The molecule has 1 aromatic heterocycles. The lowest BCUT2D eigenvalue weighted by molar-refractivity contribution is 0.180. The van der Waals surface area contributed by atoms with Gasteiger partial charge in [0.05, 0.1) is 18.3 Å². The van der Waals surface area contributed by atoms with E-state index in [1.807, 2.05) is 11.0 Å². The second-order valence-corrected chi connectivity index (χ2v) is 8.70. The number of aromatic nitrogens is 1. The Labute approximate surface area is 195 Å². The fourth-order valence-electron chi connectivity index (χ4n) is 4.61. The molecule has 0 unspecified atom stereocenters. The third-order valence-corrected chi connectivity index (χ3v) is 6.49. The molecular weight excluding hydrogens is 406 g/mol. The first-order chi connectivity index (χ1) is 16.1. The summed E-state index contributed by atoms with van der Waals surface area (Å²) in [5.74, 6) is 0. The number of hydrogen-bond acceptors (Lipinski definition) is 1. The Kier molecular flexibility index (Phi) is 5.74. The van der Waals surface area contributed by atoms with Crippen molar-refractivity contribution in [3.05, 3.63) is 125 Å². The molecule has 4 heteroatoms. The summed E-state index contributed by atoms with van der Waals surface area (Å²) in [5, 5.41) is 3.17. The first-order valence-electron chi connectivity index (χ1n) is 11.6. The Morgan fingerprint density at radius 1 is 0.909 bits per heavy atom. The van der Waals surface area contributed by atoms with Crippen molar-refractivity contribution in [3.8, 4) is 5.69 Å². The molecule has 1 aliphatic heterocycles. The number of fused-ring (bicyclic) bond motifs is 3. The molecular formula is C29H29N3O. The molecule has 4 aromatic rings. The molecule has 4 nitrogen and oxygen atoms in total. The number of nitrogens with zero attached hydrogens (tertiary/aromatic N) is 2. The minimum Gasteiger partial charge on any atom is -0.334 e. The average molecular weight is 436 g/mol. The lowest BCUT2D eigenvalue weighted by Gasteiger charge is -2.31. The number of hydrogen-bond donors (Lipinski definition) is 1. The summed E-state index contributed by atoms with van der Waals surface area (Å²) in [7, 11) is 0. The second kappa shape index (κ2) is 8.99. The van der Waals surface area contributed by atoms with Gasteiger partial charge >= 0.3 is 6.03 Å². The predicted octanol–water partition coefficient (Wildman–Crippen LogP) is 6.16. The Morgan fingerprint density at radius 3 is 2.39 bits per heavy atom. The number of urea groups is 1. The van der Waals surface area contributed by atoms with Gasteiger partial charge in [-0.25, -0.2) is 4.79 Å². The first-order valence-corrected chi connectivity index (χ1v) is 11.6. The van der Waals surface area contributed by atoms with Crippen LogP contribution >= 0.6 is 0 Å². The van der Waals surface area contributed by atoms with Crippen molar-refractivity contribution in [1.29, 1.82) is 0 Å². The maximum absolute atomic E-state index is 13.6. The molecule has 3 aromatic carbocycles. The minimum absolute atomic E-state index is 0.0652. The molecule has 33 heavy (non-hydrogen) atoms. The number of aryl methyl sites for hydroxylation is 2. The van der Waals surface area contributed by atoms with Crippen LogP contribution in [-0.2, 0) is 19.5 Å². The van der Waals surface area contributed by atoms with Crippen molar-refractivity contribution in [2.75, 3.05) is 0 Å². The summed E-state index contributed by atoms with van der Waals surface area (Å²) in [6.45, 7) is 5.27. The van der Waals surface area contributed by atoms with Gasteiger partial charge in [0, 0.05) is 18.4 Å². The zero-order chi connectivity index (χ0) is 22.8. The van der Waals surface area contributed by atoms with E-state index in [1.165, 1.54) is 11.1 Å². The van der Waals surface area contributed by atoms with Crippen LogP contribution in [-0.4, -0.2) is 15.5 Å². The molecule has 2 amide bonds. The average Bonchev–Trinajstić information content (AvgIpc) is 3.28. The smallest absolute Gasteiger partial charge is 0.318 e. The number of rotatable bonds is 4. The second-order valence-electron chi connectivity index (χ2n) is 8.70. The SMILES string of the molecule is CCc1ccc([C@H]2c3cccn3-c3ccccc3CN2C(=O)NCc2ccc(C)cc2)cc1. The zero-order valence-electron chi connectivity index (χ0n) is 19.2. The first kappa shape index (κ1) is 21.1. The van der Waals surface area contributed by atoms with E-state index in [1.54, 1.807) is 0 Å². The Hall–Kier alpha value is -3.79. The van der Waals surface area contributed by atoms with Gasteiger partial charge in [0.1, 0.15) is 0 Å². The van der Waals surface area contributed by atoms with Gasteiger partial charge in [-0.2, -0.15) is 0 Å². The van der Waals surface area contributed by atoms with E-state index in [-0.39, 0.29) is 12.1 Å². The van der Waals surface area contributed by atoms with Crippen molar-refractivity contribution in [2.45, 2.75) is 39.4 Å². The molecule has 0 radical (unpaired) electrons. The molecule has 5 rings (SSSR count). The fourth-order valence-corrected chi connectivity index (χ4v) is 4.61. The number of amides is 2. The molecule has 1 N–H and O–H groups in total. The van der Waals surface area contributed by atoms with Gasteiger partial charge in [0.2, 0.25) is 0 Å². The van der Waals surface area contributed by atoms with Crippen molar-refractivity contribution in [1.82, 2.24) is 14.8 Å². The standard InChI is InChI=1S/C29H29N3O/c1-3-22-14-16-24(17-15-22)28-27-9-6-18-31(27)26-8-5-4-7-25(26)20-32(28)29(33)30-19-23-12-10-21(2)11-13-23/h4-18,28H,3,19-20H2,1-2H3,(H,30,33)/t28-/m0/s1. The molecule has 0 spiro atoms. The highest BCUT2D eigenvalue weighted by Gasteiger charge is 2.32. The highest BCUT2D eigenvalue weighted by molar-refractivity contribution is 5.76. The molecule has 0 bridgehead atoms. The number of para-hydroxylation sites is 1. The quantitative estimate of drug-likeness (QED) is 0.409. The van der Waals surface area contributed by atoms with Crippen LogP contribution in [0.25, 0.3) is 5.69 Å². The van der Waals surface area contributed by atoms with Gasteiger partial charge in [-0.3, -0.25) is 0 Å². The van der Waals surface area contributed by atoms with Crippen LogP contribution in [0.3, 0.4) is 0 Å². The molecule has 0 saturated heterocycles. The van der Waals surface area contributed by atoms with Crippen molar-refractivity contribution in [3.63, 3.8) is 0 Å². The van der Waals surface area contributed by atoms with E-state index in [0.29, 0.717) is 13.1 Å². The molecule has 0 aliphatic carbocycles. The summed E-state index contributed by atoms with van der Waals surface area (Å²) in [6.07, 6.45) is 3.09. The third kappa shape index (κ3) is 4.17. The van der Waals surface area contributed by atoms with Crippen LogP contribution in [0.1, 0.15) is 46.5 Å². The highest BCUT2D eigenvalue weighted by Crippen LogP contribution is 2.36. The van der Waals surface area contributed by atoms with E-state index in [2.05, 4.69) is 109 Å². The normalized spacial score (nSPS) is 14.8. The lowest BCUT2D eigenvalue weighted by Crippen LogP contribution is -2.41. The van der Waals surface area contributed by atoms with Crippen LogP contribution in [0.4, 0.5) is 4.79 Å². The van der Waals surface area contributed by atoms with Crippen LogP contribution in [0.5, 0.6) is 0 Å². The van der Waals surface area contributed by atoms with E-state index in [0.717, 1.165) is 34.5 Å². The molecule has 2 heterocycles. The van der Waals surface area contributed by atoms with E-state index < -0.39 is 0 Å². The molecule has 1 atom stereocenters. The van der Waals surface area contributed by atoms with Gasteiger partial charge in [0.25, 0.3) is 0 Å². The summed E-state index contributed by atoms with van der Waals surface area (Å²) in [6, 6.07) is 29.2. The van der Waals surface area contributed by atoms with Crippen molar-refractivity contribution < 1.29 is 4.79 Å². The predicted molar refractivity (Wildman–Crippen MR) is 132 cm³/mol. The van der Waals surface area contributed by atoms with Crippen LogP contribution in [0, 0.1) is 6.92 Å². The zero-order valence-corrected chi connectivity index (χ0v) is 19.2. The number of carbonyl (C=O) groups excluding carboxylic acids is 1. The van der Waals surface area contributed by atoms with Gasteiger partial charge < -0.3 is 14.8 Å². The lowest BCUT2D eigenvalue weighted by atomic mass is 10.00. The molecule has 1 aliphatic rings.